The molecule has 0 aliphatic rings. The molecule has 0 bridgehead atoms. The first-order valence-electron chi connectivity index (χ1n) is 4.82. The molecule has 1 rings (SSSR count). The van der Waals surface area contributed by atoms with Gasteiger partial charge in [0.05, 0.1) is 12.7 Å². The summed E-state index contributed by atoms with van der Waals surface area (Å²) in [4.78, 5) is 11.2. The molecule has 8 heteroatoms. The average Bonchev–Trinajstić information content (AvgIpc) is 2.77. The summed E-state index contributed by atoms with van der Waals surface area (Å²) in [5.74, 6) is -0.357. The molecule has 3 N–H and O–H groups in total. The maximum Gasteiger partial charge on any atom is 0.257 e. The van der Waals surface area contributed by atoms with Crippen LogP contribution in [-0.2, 0) is 14.8 Å². The van der Waals surface area contributed by atoms with Crippen LogP contribution in [0.3, 0.4) is 0 Å². The van der Waals surface area contributed by atoms with Crippen molar-refractivity contribution in [1.29, 1.82) is 0 Å². The average molecular weight is 246 g/mol. The smallest absolute Gasteiger partial charge is 0.257 e. The lowest BCUT2D eigenvalue weighted by molar-refractivity contribution is -0.119. The Hall–Kier alpha value is -1.41. The molecule has 7 nitrogen and oxygen atoms in total. The highest BCUT2D eigenvalue weighted by Gasteiger charge is 2.16. The fraction of sp³-hybridized carbons (Fsp3) is 0.500. The Bertz CT molecular complexity index is 426. The number of rotatable bonds is 6. The van der Waals surface area contributed by atoms with Crippen LogP contribution in [0.15, 0.2) is 17.3 Å². The third kappa shape index (κ3) is 3.63. The third-order valence-corrected chi connectivity index (χ3v) is 3.09. The standard InChI is InChI=1S/C8H14N4O3S/c1-2-4-9-7(13)6-11-16(14,15)8-3-5-10-12-8/h3,5,11H,2,4,6H2,1H3,(H,9,13)(H,10,12). The molecular weight excluding hydrogens is 232 g/mol. The maximum absolute atomic E-state index is 11.5. The molecule has 0 fully saturated rings. The Morgan fingerprint density at radius 3 is 2.88 bits per heavy atom. The molecule has 0 saturated heterocycles. The van der Waals surface area contributed by atoms with E-state index in [1.807, 2.05) is 6.92 Å². The zero-order valence-electron chi connectivity index (χ0n) is 8.86. The second kappa shape index (κ2) is 5.61. The Morgan fingerprint density at radius 1 is 1.56 bits per heavy atom. The van der Waals surface area contributed by atoms with Gasteiger partial charge in [-0.3, -0.25) is 9.89 Å². The Morgan fingerprint density at radius 2 is 2.31 bits per heavy atom. The van der Waals surface area contributed by atoms with Crippen molar-refractivity contribution in [2.45, 2.75) is 18.4 Å². The van der Waals surface area contributed by atoms with Crippen LogP contribution >= 0.6 is 0 Å². The van der Waals surface area contributed by atoms with E-state index in [-0.39, 0.29) is 17.5 Å². The first-order valence-corrected chi connectivity index (χ1v) is 6.30. The van der Waals surface area contributed by atoms with Crippen LogP contribution in [0.25, 0.3) is 0 Å². The van der Waals surface area contributed by atoms with E-state index in [0.29, 0.717) is 6.54 Å². The lowest BCUT2D eigenvalue weighted by atomic mass is 10.5. The van der Waals surface area contributed by atoms with Crippen molar-refractivity contribution in [3.63, 3.8) is 0 Å². The molecule has 16 heavy (non-hydrogen) atoms. The molecular formula is C8H14N4O3S. The number of amides is 1. The van der Waals surface area contributed by atoms with Crippen molar-refractivity contribution in [3.05, 3.63) is 12.3 Å². The molecule has 0 aliphatic carbocycles. The molecule has 1 amide bonds. The van der Waals surface area contributed by atoms with E-state index in [0.717, 1.165) is 6.42 Å². The molecule has 1 heterocycles. The molecule has 0 radical (unpaired) electrons. The number of aromatic nitrogens is 2. The van der Waals surface area contributed by atoms with Gasteiger partial charge < -0.3 is 5.32 Å². The minimum absolute atomic E-state index is 0.0595. The van der Waals surface area contributed by atoms with E-state index in [2.05, 4.69) is 20.2 Å². The summed E-state index contributed by atoms with van der Waals surface area (Å²) in [5, 5.41) is 8.33. The Balaban J connectivity index is 2.46. The second-order valence-corrected chi connectivity index (χ2v) is 4.83. The number of hydrogen-bond donors (Lipinski definition) is 3. The van der Waals surface area contributed by atoms with Gasteiger partial charge in [0, 0.05) is 6.54 Å². The molecule has 1 aromatic rings. The quantitative estimate of drug-likeness (QED) is 0.612. The van der Waals surface area contributed by atoms with Crippen LogP contribution in [0.1, 0.15) is 13.3 Å². The zero-order valence-corrected chi connectivity index (χ0v) is 9.67. The van der Waals surface area contributed by atoms with Crippen molar-refractivity contribution in [1.82, 2.24) is 20.2 Å². The number of aromatic amines is 1. The normalized spacial score (nSPS) is 11.3. The SMILES string of the molecule is CCCNC(=O)CNS(=O)(=O)c1ccn[nH]1. The highest BCUT2D eigenvalue weighted by molar-refractivity contribution is 7.89. The van der Waals surface area contributed by atoms with Crippen molar-refractivity contribution >= 4 is 15.9 Å². The van der Waals surface area contributed by atoms with Gasteiger partial charge in [0.1, 0.15) is 0 Å². The van der Waals surface area contributed by atoms with Gasteiger partial charge in [-0.1, -0.05) is 6.92 Å². The molecule has 0 saturated carbocycles. The molecule has 0 unspecified atom stereocenters. The van der Waals surface area contributed by atoms with Gasteiger partial charge in [-0.2, -0.15) is 5.10 Å². The second-order valence-electron chi connectivity index (χ2n) is 3.10. The minimum atomic E-state index is -3.67. The maximum atomic E-state index is 11.5. The highest BCUT2D eigenvalue weighted by Crippen LogP contribution is 2.00. The molecule has 0 aromatic carbocycles. The van der Waals surface area contributed by atoms with Gasteiger partial charge in [0.15, 0.2) is 5.03 Å². The number of carbonyl (C=O) groups excluding carboxylic acids is 1. The van der Waals surface area contributed by atoms with Gasteiger partial charge in [-0.25, -0.2) is 13.1 Å². The predicted octanol–water partition coefficient (Wildman–Crippen LogP) is -0.786. The molecule has 1 aromatic heterocycles. The van der Waals surface area contributed by atoms with E-state index < -0.39 is 10.0 Å². The first kappa shape index (κ1) is 12.7. The molecule has 0 atom stereocenters. The van der Waals surface area contributed by atoms with Gasteiger partial charge in [-0.05, 0) is 12.5 Å². The molecule has 90 valence electrons. The number of H-pyrrole nitrogens is 1. The van der Waals surface area contributed by atoms with Crippen LogP contribution in [0.4, 0.5) is 0 Å². The predicted molar refractivity (Wildman–Crippen MR) is 57.1 cm³/mol. The summed E-state index contributed by atoms with van der Waals surface area (Å²) in [5.41, 5.74) is 0. The Labute approximate surface area is 93.7 Å². The molecule has 0 spiro atoms. The van der Waals surface area contributed by atoms with Crippen LogP contribution in [0.5, 0.6) is 0 Å². The van der Waals surface area contributed by atoms with Crippen LogP contribution in [0.2, 0.25) is 0 Å². The number of carbonyl (C=O) groups is 1. The van der Waals surface area contributed by atoms with Gasteiger partial charge >= 0.3 is 0 Å². The minimum Gasteiger partial charge on any atom is -0.355 e. The summed E-state index contributed by atoms with van der Waals surface area (Å²) in [6, 6.07) is 1.31. The summed E-state index contributed by atoms with van der Waals surface area (Å²) in [7, 11) is -3.67. The summed E-state index contributed by atoms with van der Waals surface area (Å²) >= 11 is 0. The van der Waals surface area contributed by atoms with Crippen molar-refractivity contribution in [2.75, 3.05) is 13.1 Å². The largest absolute Gasteiger partial charge is 0.355 e. The van der Waals surface area contributed by atoms with Gasteiger partial charge in [0.25, 0.3) is 10.0 Å². The van der Waals surface area contributed by atoms with E-state index >= 15 is 0 Å². The summed E-state index contributed by atoms with van der Waals surface area (Å²) in [6.07, 6.45) is 2.13. The van der Waals surface area contributed by atoms with E-state index in [1.54, 1.807) is 0 Å². The highest BCUT2D eigenvalue weighted by atomic mass is 32.2. The fourth-order valence-electron chi connectivity index (χ4n) is 0.958. The van der Waals surface area contributed by atoms with E-state index in [4.69, 9.17) is 0 Å². The van der Waals surface area contributed by atoms with Crippen molar-refractivity contribution in [3.8, 4) is 0 Å². The fourth-order valence-corrected chi connectivity index (χ4v) is 1.85. The summed E-state index contributed by atoms with van der Waals surface area (Å²) < 4.78 is 25.2. The lowest BCUT2D eigenvalue weighted by Crippen LogP contribution is -2.37. The number of nitrogens with one attached hydrogen (secondary N) is 3. The first-order chi connectivity index (χ1) is 7.56. The van der Waals surface area contributed by atoms with Gasteiger partial charge in [-0.15, -0.1) is 0 Å². The number of sulfonamides is 1. The van der Waals surface area contributed by atoms with E-state index in [1.165, 1.54) is 12.3 Å². The third-order valence-electron chi connectivity index (χ3n) is 1.76. The van der Waals surface area contributed by atoms with Crippen molar-refractivity contribution < 1.29 is 13.2 Å². The van der Waals surface area contributed by atoms with E-state index in [9.17, 15) is 13.2 Å². The van der Waals surface area contributed by atoms with Crippen LogP contribution in [0, 0.1) is 0 Å². The van der Waals surface area contributed by atoms with Gasteiger partial charge in [0.2, 0.25) is 5.91 Å². The number of hydrogen-bond acceptors (Lipinski definition) is 4. The summed E-state index contributed by atoms with van der Waals surface area (Å²) in [6.45, 7) is 2.17. The Kier molecular flexibility index (Phi) is 4.44. The number of nitrogens with zero attached hydrogens (tertiary/aromatic N) is 1. The van der Waals surface area contributed by atoms with Crippen LogP contribution < -0.4 is 10.0 Å². The molecule has 0 aliphatic heterocycles. The lowest BCUT2D eigenvalue weighted by Gasteiger charge is -2.05. The van der Waals surface area contributed by atoms with Crippen LogP contribution in [-0.4, -0.2) is 37.6 Å². The monoisotopic (exact) mass is 246 g/mol. The topological polar surface area (TPSA) is 104 Å². The zero-order chi connectivity index (χ0) is 12.0. The van der Waals surface area contributed by atoms with Crippen molar-refractivity contribution in [2.24, 2.45) is 0 Å².